The Morgan fingerprint density at radius 3 is 2.15 bits per heavy atom. The fourth-order valence-electron chi connectivity index (χ4n) is 5.35. The first-order chi connectivity index (χ1) is 12.2. The molecule has 0 radical (unpaired) electrons. The van der Waals surface area contributed by atoms with E-state index in [-0.39, 0.29) is 0 Å². The Bertz CT molecular complexity index is 528. The van der Waals surface area contributed by atoms with Crippen LogP contribution in [0.25, 0.3) is 0 Å². The minimum Gasteiger partial charge on any atom is -0.394 e. The van der Waals surface area contributed by atoms with Gasteiger partial charge in [0.25, 0.3) is 0 Å². The Kier molecular flexibility index (Phi) is 5.49. The van der Waals surface area contributed by atoms with Gasteiger partial charge in [0.05, 0.1) is 23.6 Å². The van der Waals surface area contributed by atoms with Gasteiger partial charge in [-0.2, -0.15) is 0 Å². The molecule has 5 N–H and O–H groups in total. The SMILES string of the molecule is CCCCC12CN3CC(C)(CN(C1)C3[C@H](O)[C@H](O)[C@H](O)[C@H](O)CO)C2=O. The lowest BCUT2D eigenvalue weighted by atomic mass is 9.59. The van der Waals surface area contributed by atoms with Gasteiger partial charge >= 0.3 is 0 Å². The molecule has 0 aliphatic carbocycles. The second-order valence-electron chi connectivity index (χ2n) is 8.72. The molecule has 0 amide bonds. The lowest BCUT2D eigenvalue weighted by Gasteiger charge is -2.66. The van der Waals surface area contributed by atoms with Crippen LogP contribution in [0, 0.1) is 10.8 Å². The molecule has 4 heterocycles. The van der Waals surface area contributed by atoms with Crippen LogP contribution < -0.4 is 0 Å². The first-order valence-electron chi connectivity index (χ1n) is 9.55. The fourth-order valence-corrected chi connectivity index (χ4v) is 5.35. The third-order valence-corrected chi connectivity index (χ3v) is 6.49. The van der Waals surface area contributed by atoms with E-state index in [1.807, 2.05) is 16.7 Å². The van der Waals surface area contributed by atoms with Crippen molar-refractivity contribution >= 4 is 5.78 Å². The molecule has 0 saturated carbocycles. The summed E-state index contributed by atoms with van der Waals surface area (Å²) in [4.78, 5) is 17.2. The number of rotatable bonds is 8. The summed E-state index contributed by atoms with van der Waals surface area (Å²) in [5, 5.41) is 49.5. The highest BCUT2D eigenvalue weighted by Crippen LogP contribution is 2.51. The number of Topliss-reactive ketones (excluding diaryl/α,β-unsaturated/α-hetero) is 1. The number of carbonyl (C=O) groups excluding carboxylic acids is 1. The molecule has 4 bridgehead atoms. The van der Waals surface area contributed by atoms with Crippen LogP contribution in [-0.2, 0) is 4.79 Å². The van der Waals surface area contributed by atoms with Crippen molar-refractivity contribution in [3.63, 3.8) is 0 Å². The van der Waals surface area contributed by atoms with Crippen molar-refractivity contribution in [3.8, 4) is 0 Å². The zero-order valence-electron chi connectivity index (χ0n) is 15.6. The van der Waals surface area contributed by atoms with Gasteiger partial charge in [-0.05, 0) is 6.42 Å². The molecular weight excluding hydrogens is 340 g/mol. The molecule has 4 saturated heterocycles. The molecule has 0 spiro atoms. The number of unbranched alkanes of at least 4 members (excludes halogenated alkanes) is 1. The fraction of sp³-hybridized carbons (Fsp3) is 0.944. The molecule has 0 aromatic heterocycles. The van der Waals surface area contributed by atoms with E-state index in [0.29, 0.717) is 32.0 Å². The Hall–Kier alpha value is -0.610. The molecule has 0 aromatic carbocycles. The van der Waals surface area contributed by atoms with Crippen molar-refractivity contribution < 1.29 is 30.3 Å². The number of nitrogens with zero attached hydrogens (tertiary/aromatic N) is 2. The summed E-state index contributed by atoms with van der Waals surface area (Å²) >= 11 is 0. The van der Waals surface area contributed by atoms with Crippen LogP contribution in [0.1, 0.15) is 33.1 Å². The molecule has 6 atom stereocenters. The predicted octanol–water partition coefficient (Wildman–Crippen LogP) is -1.85. The van der Waals surface area contributed by atoms with E-state index in [1.165, 1.54) is 0 Å². The van der Waals surface area contributed by atoms with Crippen LogP contribution >= 0.6 is 0 Å². The maximum Gasteiger partial charge on any atom is 0.150 e. The summed E-state index contributed by atoms with van der Waals surface area (Å²) in [5.41, 5.74) is -0.902. The molecule has 4 rings (SSSR count). The first-order valence-corrected chi connectivity index (χ1v) is 9.55. The maximum atomic E-state index is 13.1. The third kappa shape index (κ3) is 3.01. The molecule has 8 heteroatoms. The highest BCUT2D eigenvalue weighted by atomic mass is 16.4. The number of aliphatic hydroxyl groups excluding tert-OH is 5. The average molecular weight is 372 g/mol. The summed E-state index contributed by atoms with van der Waals surface area (Å²) in [6.45, 7) is 5.50. The van der Waals surface area contributed by atoms with E-state index in [9.17, 15) is 25.2 Å². The Morgan fingerprint density at radius 2 is 1.65 bits per heavy atom. The summed E-state index contributed by atoms with van der Waals surface area (Å²) in [5.74, 6) is 0.315. The van der Waals surface area contributed by atoms with Crippen LogP contribution in [0.5, 0.6) is 0 Å². The summed E-state index contributed by atoms with van der Waals surface area (Å²) in [6.07, 6.45) is -3.76. The van der Waals surface area contributed by atoms with Crippen LogP contribution in [-0.4, -0.2) is 104 Å². The molecule has 4 aliphatic heterocycles. The van der Waals surface area contributed by atoms with E-state index >= 15 is 0 Å². The van der Waals surface area contributed by atoms with Gasteiger partial charge in [0.2, 0.25) is 0 Å². The van der Waals surface area contributed by atoms with E-state index in [0.717, 1.165) is 19.3 Å². The van der Waals surface area contributed by atoms with Gasteiger partial charge in [0, 0.05) is 26.2 Å². The van der Waals surface area contributed by atoms with Gasteiger partial charge in [-0.1, -0.05) is 26.7 Å². The molecule has 8 nitrogen and oxygen atoms in total. The monoisotopic (exact) mass is 372 g/mol. The van der Waals surface area contributed by atoms with E-state index in [1.54, 1.807) is 0 Å². The Morgan fingerprint density at radius 1 is 1.08 bits per heavy atom. The van der Waals surface area contributed by atoms with Crippen LogP contribution in [0.4, 0.5) is 0 Å². The van der Waals surface area contributed by atoms with Gasteiger partial charge < -0.3 is 25.5 Å². The van der Waals surface area contributed by atoms with E-state index in [4.69, 9.17) is 5.11 Å². The number of hydrogen-bond acceptors (Lipinski definition) is 8. The smallest absolute Gasteiger partial charge is 0.150 e. The molecule has 26 heavy (non-hydrogen) atoms. The second-order valence-corrected chi connectivity index (χ2v) is 8.72. The number of hydrogen-bond donors (Lipinski definition) is 5. The standard InChI is InChI=1S/C18H32N2O6/c1-3-4-5-18-9-19-7-17(2,16(18)26)8-20(10-18)15(19)14(25)13(24)12(23)11(22)6-21/h11-15,21-25H,3-10H2,1-2H3/t11-,12-,13-,14-,15?,17?,18?/m1/s1. The van der Waals surface area contributed by atoms with Gasteiger partial charge in [-0.3, -0.25) is 14.6 Å². The second kappa shape index (κ2) is 7.09. The van der Waals surface area contributed by atoms with Gasteiger partial charge in [-0.15, -0.1) is 0 Å². The van der Waals surface area contributed by atoms with Crippen molar-refractivity contribution in [3.05, 3.63) is 0 Å². The topological polar surface area (TPSA) is 125 Å². The Balaban J connectivity index is 1.81. The largest absolute Gasteiger partial charge is 0.394 e. The molecule has 4 aliphatic rings. The third-order valence-electron chi connectivity index (χ3n) is 6.49. The van der Waals surface area contributed by atoms with Crippen molar-refractivity contribution in [2.45, 2.75) is 63.7 Å². The lowest BCUT2D eigenvalue weighted by Crippen LogP contribution is -2.81. The summed E-state index contributed by atoms with van der Waals surface area (Å²) in [6, 6.07) is 0. The highest BCUT2D eigenvalue weighted by molar-refractivity contribution is 5.93. The Labute approximate surface area is 154 Å². The average Bonchev–Trinajstić information content (AvgIpc) is 2.61. The van der Waals surface area contributed by atoms with Crippen molar-refractivity contribution in [2.75, 3.05) is 32.8 Å². The van der Waals surface area contributed by atoms with Crippen LogP contribution in [0.15, 0.2) is 0 Å². The number of ketones is 1. The zero-order chi connectivity index (χ0) is 19.3. The first kappa shape index (κ1) is 20.1. The zero-order valence-corrected chi connectivity index (χ0v) is 15.6. The summed E-state index contributed by atoms with van der Waals surface area (Å²) < 4.78 is 0. The van der Waals surface area contributed by atoms with Gasteiger partial charge in [0.1, 0.15) is 30.2 Å². The van der Waals surface area contributed by atoms with Crippen molar-refractivity contribution in [1.29, 1.82) is 0 Å². The van der Waals surface area contributed by atoms with Crippen molar-refractivity contribution in [2.24, 2.45) is 10.8 Å². The highest BCUT2D eigenvalue weighted by Gasteiger charge is 2.64. The number of piperidine rings is 2. The molecular formula is C18H32N2O6. The molecule has 4 fully saturated rings. The molecule has 2 unspecified atom stereocenters. The van der Waals surface area contributed by atoms with Gasteiger partial charge in [-0.25, -0.2) is 0 Å². The minimum atomic E-state index is -1.64. The van der Waals surface area contributed by atoms with Gasteiger partial charge in [0.15, 0.2) is 0 Å². The quantitative estimate of drug-likeness (QED) is 0.336. The lowest BCUT2D eigenvalue weighted by molar-refractivity contribution is -0.231. The predicted molar refractivity (Wildman–Crippen MR) is 93.1 cm³/mol. The van der Waals surface area contributed by atoms with E-state index in [2.05, 4.69) is 6.92 Å². The molecule has 150 valence electrons. The number of carbonyl (C=O) groups is 1. The van der Waals surface area contributed by atoms with Crippen LogP contribution in [0.2, 0.25) is 0 Å². The van der Waals surface area contributed by atoms with E-state index < -0.39 is 48.0 Å². The number of aliphatic hydroxyl groups is 5. The molecule has 0 aromatic rings. The maximum absolute atomic E-state index is 13.1. The van der Waals surface area contributed by atoms with Crippen LogP contribution in [0.3, 0.4) is 0 Å². The van der Waals surface area contributed by atoms with Crippen molar-refractivity contribution in [1.82, 2.24) is 9.80 Å². The normalized spacial score (nSPS) is 43.3. The minimum absolute atomic E-state index is 0.315. The summed E-state index contributed by atoms with van der Waals surface area (Å²) in [7, 11) is 0.